The summed E-state index contributed by atoms with van der Waals surface area (Å²) in [6.07, 6.45) is 5.81. The smallest absolute Gasteiger partial charge is 0.262 e. The van der Waals surface area contributed by atoms with Crippen LogP contribution in [0.3, 0.4) is 0 Å². The molecule has 1 aliphatic carbocycles. The van der Waals surface area contributed by atoms with Crippen molar-refractivity contribution < 1.29 is 29.0 Å². The number of likely N-dealkylation sites (tertiary alicyclic amines) is 1. The summed E-state index contributed by atoms with van der Waals surface area (Å²) < 4.78 is 6.29. The minimum Gasteiger partial charge on any atom is -0.508 e. The molecule has 4 aromatic carbocycles. The van der Waals surface area contributed by atoms with Gasteiger partial charge in [0.2, 0.25) is 11.8 Å². The zero-order valence-electron chi connectivity index (χ0n) is 33.3. The first-order valence-corrected chi connectivity index (χ1v) is 21.5. The molecule has 11 nitrogen and oxygen atoms in total. The molecule has 0 radical (unpaired) electrons. The van der Waals surface area contributed by atoms with Crippen molar-refractivity contribution in [1.29, 1.82) is 0 Å². The number of carbonyl (C=O) groups is 4. The van der Waals surface area contributed by atoms with Gasteiger partial charge in [0.25, 0.3) is 11.8 Å². The number of hydrogen-bond acceptors (Lipinski definition) is 9. The molecule has 7 aliphatic rings. The lowest BCUT2D eigenvalue weighted by Crippen LogP contribution is -2.69. The second kappa shape index (κ2) is 15.6. The molecule has 5 atom stereocenters. The van der Waals surface area contributed by atoms with E-state index in [0.29, 0.717) is 47.4 Å². The first-order chi connectivity index (χ1) is 28.8. The maximum atomic E-state index is 13.4. The standard InChI is InChI=1S/C48H51N5O6/c54-37-10-15-40-33(24-37)8-13-39(31-4-2-1-3-5-31)45(40)32-6-11-38(12-7-32)59-23-22-50-20-18-30(19-21-50)27-52-35-25-36(52)29-51(28-35)34-9-14-41-42(26-34)48(58)53(47(41)57)43-16-17-44(55)49-46(43)56/h1-7,9-12,14-15,24,26,30,35-36,39,43,45,54H,8,13,16-23,25,27-29H2,(H,49,55,56)/t35?,36?,39-,43?,45+/m1/s1. The Kier molecular flexibility index (Phi) is 9.96. The topological polar surface area (TPSA) is 123 Å². The quantitative estimate of drug-likeness (QED) is 0.195. The number of nitrogens with zero attached hydrogens (tertiary/aromatic N) is 4. The summed E-state index contributed by atoms with van der Waals surface area (Å²) in [6, 6.07) is 30.8. The van der Waals surface area contributed by atoms with Gasteiger partial charge in [-0.05, 0) is 128 Å². The molecule has 2 bridgehead atoms. The molecular weight excluding hydrogens is 743 g/mol. The first kappa shape index (κ1) is 37.7. The zero-order valence-corrected chi connectivity index (χ0v) is 33.3. The predicted molar refractivity (Wildman–Crippen MR) is 223 cm³/mol. The number of anilines is 1. The number of hydrogen-bond donors (Lipinski definition) is 2. The fourth-order valence-corrected chi connectivity index (χ4v) is 10.9. The number of ether oxygens (including phenoxy) is 1. The molecule has 304 valence electrons. The van der Waals surface area contributed by atoms with Crippen LogP contribution in [0.5, 0.6) is 11.5 Å². The number of aromatic hydroxyl groups is 1. The van der Waals surface area contributed by atoms with Crippen molar-refractivity contribution in [3.8, 4) is 11.5 Å². The van der Waals surface area contributed by atoms with Crippen molar-refractivity contribution in [1.82, 2.24) is 20.0 Å². The highest BCUT2D eigenvalue weighted by Gasteiger charge is 2.47. The lowest BCUT2D eigenvalue weighted by Gasteiger charge is -2.58. The summed E-state index contributed by atoms with van der Waals surface area (Å²) in [5.41, 5.74) is 6.76. The third-order valence-corrected chi connectivity index (χ3v) is 14.0. The van der Waals surface area contributed by atoms with Crippen molar-refractivity contribution in [2.45, 2.75) is 74.9 Å². The van der Waals surface area contributed by atoms with E-state index in [4.69, 9.17) is 4.74 Å². The van der Waals surface area contributed by atoms with Gasteiger partial charge in [-0.15, -0.1) is 0 Å². The molecule has 2 N–H and O–H groups in total. The van der Waals surface area contributed by atoms with Crippen LogP contribution in [0.25, 0.3) is 0 Å². The number of benzene rings is 4. The van der Waals surface area contributed by atoms with E-state index in [1.54, 1.807) is 6.07 Å². The van der Waals surface area contributed by atoms with Gasteiger partial charge in [-0.25, -0.2) is 0 Å². The number of amides is 4. The summed E-state index contributed by atoms with van der Waals surface area (Å²) in [6.45, 7) is 6.62. The highest BCUT2D eigenvalue weighted by molar-refractivity contribution is 6.23. The number of imide groups is 2. The minimum atomic E-state index is -0.956. The number of fused-ring (bicyclic) bond motifs is 4. The van der Waals surface area contributed by atoms with Crippen molar-refractivity contribution >= 4 is 29.3 Å². The second-order valence-electron chi connectivity index (χ2n) is 17.4. The SMILES string of the molecule is O=C1CCC(N2C(=O)c3ccc(N4CC5CC(C4)N5CC4CCN(CCOc5ccc([C@@H]6c7ccc(O)cc7CC[C@@H]6c6ccccc6)cc5)CC4)cc3C2=O)C(=O)N1. The Morgan fingerprint density at radius 2 is 1.51 bits per heavy atom. The first-order valence-electron chi connectivity index (χ1n) is 21.5. The van der Waals surface area contributed by atoms with Crippen LogP contribution in [0.2, 0.25) is 0 Å². The molecule has 11 heteroatoms. The molecule has 59 heavy (non-hydrogen) atoms. The average molecular weight is 794 g/mol. The molecule has 5 fully saturated rings. The molecule has 4 aromatic rings. The Morgan fingerprint density at radius 3 is 2.27 bits per heavy atom. The van der Waals surface area contributed by atoms with Crippen LogP contribution in [-0.4, -0.2) is 107 Å². The van der Waals surface area contributed by atoms with Crippen molar-refractivity contribution in [3.05, 3.63) is 124 Å². The Balaban J connectivity index is 0.689. The molecule has 6 heterocycles. The highest BCUT2D eigenvalue weighted by Crippen LogP contribution is 2.47. The number of nitrogens with one attached hydrogen (secondary N) is 1. The van der Waals surface area contributed by atoms with Gasteiger partial charge in [0.1, 0.15) is 24.1 Å². The van der Waals surface area contributed by atoms with E-state index in [-0.39, 0.29) is 24.7 Å². The maximum Gasteiger partial charge on any atom is 0.262 e. The average Bonchev–Trinajstić information content (AvgIpc) is 3.51. The van der Waals surface area contributed by atoms with Crippen molar-refractivity contribution in [2.24, 2.45) is 5.92 Å². The van der Waals surface area contributed by atoms with Gasteiger partial charge in [-0.2, -0.15) is 0 Å². The van der Waals surface area contributed by atoms with E-state index < -0.39 is 23.8 Å². The third-order valence-electron chi connectivity index (χ3n) is 14.0. The largest absolute Gasteiger partial charge is 0.508 e. The lowest BCUT2D eigenvalue weighted by molar-refractivity contribution is -0.136. The van der Waals surface area contributed by atoms with Gasteiger partial charge in [0.05, 0.1) is 11.1 Å². The number of phenols is 1. The van der Waals surface area contributed by atoms with Gasteiger partial charge in [0, 0.05) is 56.3 Å². The zero-order chi connectivity index (χ0) is 40.2. The number of aryl methyl sites for hydroxylation is 1. The van der Waals surface area contributed by atoms with E-state index in [2.05, 4.69) is 80.7 Å². The second-order valence-corrected chi connectivity index (χ2v) is 17.4. The molecular formula is C48H51N5O6. The molecule has 5 saturated heterocycles. The van der Waals surface area contributed by atoms with Crippen LogP contribution in [0, 0.1) is 5.92 Å². The van der Waals surface area contributed by atoms with E-state index in [1.807, 2.05) is 24.3 Å². The summed E-state index contributed by atoms with van der Waals surface area (Å²) in [5, 5.41) is 12.5. The normalized spacial score (nSPS) is 26.0. The number of phenolic OH excluding ortho intramolecular Hbond substituents is 1. The molecule has 3 unspecified atom stereocenters. The monoisotopic (exact) mass is 793 g/mol. The van der Waals surface area contributed by atoms with E-state index in [1.165, 1.54) is 41.5 Å². The molecule has 0 spiro atoms. The number of piperazine rings is 1. The third kappa shape index (κ3) is 7.18. The molecule has 6 aliphatic heterocycles. The van der Waals surface area contributed by atoms with Crippen LogP contribution < -0.4 is 15.0 Å². The lowest BCUT2D eigenvalue weighted by atomic mass is 9.69. The summed E-state index contributed by atoms with van der Waals surface area (Å²) in [4.78, 5) is 59.3. The van der Waals surface area contributed by atoms with Gasteiger partial charge in [0.15, 0.2) is 0 Å². The predicted octanol–water partition coefficient (Wildman–Crippen LogP) is 5.71. The minimum absolute atomic E-state index is 0.106. The number of rotatable bonds is 10. The van der Waals surface area contributed by atoms with E-state index in [0.717, 1.165) is 68.4 Å². The van der Waals surface area contributed by atoms with Gasteiger partial charge in [-0.3, -0.25) is 39.2 Å². The van der Waals surface area contributed by atoms with Gasteiger partial charge >= 0.3 is 0 Å². The number of piperidine rings is 3. The highest BCUT2D eigenvalue weighted by atomic mass is 16.5. The summed E-state index contributed by atoms with van der Waals surface area (Å²) in [7, 11) is 0. The van der Waals surface area contributed by atoms with Crippen molar-refractivity contribution in [2.75, 3.05) is 50.8 Å². The Bertz CT molecular complexity index is 2260. The molecule has 0 saturated carbocycles. The molecule has 0 aromatic heterocycles. The molecule has 11 rings (SSSR count). The van der Waals surface area contributed by atoms with Gasteiger partial charge in [-0.1, -0.05) is 48.5 Å². The Hall–Kier alpha value is -5.52. The Labute approximate surface area is 344 Å². The van der Waals surface area contributed by atoms with E-state index >= 15 is 0 Å². The van der Waals surface area contributed by atoms with Crippen LogP contribution >= 0.6 is 0 Å². The number of carbonyl (C=O) groups excluding carboxylic acids is 4. The summed E-state index contributed by atoms with van der Waals surface area (Å²) in [5.74, 6) is 0.604. The van der Waals surface area contributed by atoms with Crippen LogP contribution in [0.1, 0.15) is 93.3 Å². The fraction of sp³-hybridized carbons (Fsp3) is 0.417. The van der Waals surface area contributed by atoms with Crippen LogP contribution in [0.4, 0.5) is 5.69 Å². The van der Waals surface area contributed by atoms with Crippen LogP contribution in [-0.2, 0) is 16.0 Å². The van der Waals surface area contributed by atoms with E-state index in [9.17, 15) is 24.3 Å². The summed E-state index contributed by atoms with van der Waals surface area (Å²) >= 11 is 0. The fourth-order valence-electron chi connectivity index (χ4n) is 10.9. The van der Waals surface area contributed by atoms with Gasteiger partial charge < -0.3 is 14.7 Å². The molecule has 4 amide bonds. The van der Waals surface area contributed by atoms with Crippen molar-refractivity contribution in [3.63, 3.8) is 0 Å². The van der Waals surface area contributed by atoms with Crippen LogP contribution in [0.15, 0.2) is 91.0 Å². The Morgan fingerprint density at radius 1 is 0.746 bits per heavy atom. The maximum absolute atomic E-state index is 13.4.